The molecule has 0 radical (unpaired) electrons. The summed E-state index contributed by atoms with van der Waals surface area (Å²) in [5.74, 6) is 0.0362. The SMILES string of the molecule is CC(Sc1nnc(-c2cccs2)n1-c1ccccc1)C(=O)Nc1sc2c(c1C(N)=O)CCC2. The number of carbonyl (C=O) groups is 2. The zero-order valence-corrected chi connectivity index (χ0v) is 20.2. The lowest BCUT2D eigenvalue weighted by Gasteiger charge is -2.14. The molecule has 1 unspecified atom stereocenters. The van der Waals surface area contributed by atoms with Gasteiger partial charge in [-0.1, -0.05) is 36.0 Å². The Morgan fingerprint density at radius 2 is 1.97 bits per heavy atom. The number of aromatic nitrogens is 3. The molecule has 0 saturated heterocycles. The van der Waals surface area contributed by atoms with Crippen LogP contribution in [0.3, 0.4) is 0 Å². The smallest absolute Gasteiger partial charge is 0.251 e. The number of benzene rings is 1. The fourth-order valence-corrected chi connectivity index (χ4v) is 6.76. The predicted octanol–water partition coefficient (Wildman–Crippen LogP) is 4.76. The Morgan fingerprint density at radius 1 is 1.15 bits per heavy atom. The Hall–Kier alpha value is -2.95. The molecule has 0 fully saturated rings. The second-order valence-corrected chi connectivity index (χ2v) is 11.0. The Morgan fingerprint density at radius 3 is 2.70 bits per heavy atom. The standard InChI is InChI=1S/C23H21N5O2S3/c1-13(21(30)25-22-18(19(24)29)15-9-5-10-16(15)33-22)32-23-27-26-20(17-11-6-12-31-17)28(23)14-7-3-2-4-8-14/h2-4,6-8,11-13H,5,9-10H2,1H3,(H2,24,29)(H,25,30). The Kier molecular flexibility index (Phi) is 6.05. The number of amides is 2. The number of hydrogen-bond donors (Lipinski definition) is 2. The second-order valence-electron chi connectivity index (χ2n) is 7.63. The molecule has 0 bridgehead atoms. The van der Waals surface area contributed by atoms with Gasteiger partial charge in [0.1, 0.15) is 5.00 Å². The van der Waals surface area contributed by atoms with Gasteiger partial charge in [0.15, 0.2) is 11.0 Å². The average molecular weight is 496 g/mol. The number of hydrogen-bond acceptors (Lipinski definition) is 7. The molecule has 4 aromatic rings. The highest BCUT2D eigenvalue weighted by Crippen LogP contribution is 2.39. The first-order chi connectivity index (χ1) is 16.0. The van der Waals surface area contributed by atoms with E-state index in [1.807, 2.05) is 59.3 Å². The number of primary amides is 1. The molecule has 1 aliphatic rings. The van der Waals surface area contributed by atoms with E-state index in [0.29, 0.717) is 15.7 Å². The van der Waals surface area contributed by atoms with E-state index in [9.17, 15) is 9.59 Å². The lowest BCUT2D eigenvalue weighted by Crippen LogP contribution is -2.24. The molecular weight excluding hydrogens is 474 g/mol. The Labute approximate surface area is 203 Å². The molecule has 1 aromatic carbocycles. The van der Waals surface area contributed by atoms with Crippen molar-refractivity contribution < 1.29 is 9.59 Å². The van der Waals surface area contributed by atoms with Crippen LogP contribution < -0.4 is 11.1 Å². The van der Waals surface area contributed by atoms with E-state index >= 15 is 0 Å². The molecule has 7 nitrogen and oxygen atoms in total. The monoisotopic (exact) mass is 495 g/mol. The lowest BCUT2D eigenvalue weighted by molar-refractivity contribution is -0.115. The number of thiophene rings is 2. The van der Waals surface area contributed by atoms with Crippen LogP contribution in [0.2, 0.25) is 0 Å². The molecule has 1 aliphatic carbocycles. The van der Waals surface area contributed by atoms with Crippen LogP contribution in [-0.4, -0.2) is 31.8 Å². The van der Waals surface area contributed by atoms with E-state index < -0.39 is 11.2 Å². The van der Waals surface area contributed by atoms with Crippen molar-refractivity contribution in [2.24, 2.45) is 5.73 Å². The van der Waals surface area contributed by atoms with Gasteiger partial charge in [-0.05, 0) is 55.3 Å². The lowest BCUT2D eigenvalue weighted by atomic mass is 10.1. The minimum Gasteiger partial charge on any atom is -0.365 e. The maximum atomic E-state index is 13.1. The van der Waals surface area contributed by atoms with E-state index in [1.54, 1.807) is 11.3 Å². The minimum atomic E-state index is -0.491. The highest BCUT2D eigenvalue weighted by molar-refractivity contribution is 8.00. The van der Waals surface area contributed by atoms with E-state index in [4.69, 9.17) is 5.73 Å². The number of rotatable bonds is 7. The van der Waals surface area contributed by atoms with Crippen LogP contribution in [0.4, 0.5) is 5.00 Å². The van der Waals surface area contributed by atoms with Crippen LogP contribution >= 0.6 is 34.4 Å². The number of nitrogens with two attached hydrogens (primary N) is 1. The first kappa shape index (κ1) is 21.9. The number of para-hydroxylation sites is 1. The maximum Gasteiger partial charge on any atom is 0.251 e. The zero-order chi connectivity index (χ0) is 22.9. The van der Waals surface area contributed by atoms with E-state index in [-0.39, 0.29) is 5.91 Å². The first-order valence-electron chi connectivity index (χ1n) is 10.5. The third-order valence-corrected chi connectivity index (χ3v) is 8.56. The third kappa shape index (κ3) is 4.21. The number of nitrogens with zero attached hydrogens (tertiary/aromatic N) is 3. The van der Waals surface area contributed by atoms with Crippen molar-refractivity contribution in [2.75, 3.05) is 5.32 Å². The normalized spacial score (nSPS) is 13.6. The fraction of sp³-hybridized carbons (Fsp3) is 0.217. The molecule has 168 valence electrons. The molecule has 0 spiro atoms. The third-order valence-electron chi connectivity index (χ3n) is 5.45. The van der Waals surface area contributed by atoms with Crippen LogP contribution in [-0.2, 0) is 17.6 Å². The molecule has 3 N–H and O–H groups in total. The van der Waals surface area contributed by atoms with E-state index in [2.05, 4.69) is 15.5 Å². The van der Waals surface area contributed by atoms with Crippen molar-refractivity contribution in [3.05, 3.63) is 63.8 Å². The van der Waals surface area contributed by atoms with Gasteiger partial charge in [0.2, 0.25) is 5.91 Å². The molecule has 10 heteroatoms. The number of nitrogens with one attached hydrogen (secondary N) is 1. The summed E-state index contributed by atoms with van der Waals surface area (Å²) in [5, 5.41) is 14.4. The fourth-order valence-electron chi connectivity index (χ4n) is 3.90. The number of thioether (sulfide) groups is 1. The Balaban J connectivity index is 1.41. The first-order valence-corrected chi connectivity index (χ1v) is 13.1. The van der Waals surface area contributed by atoms with Crippen molar-refractivity contribution >= 4 is 51.3 Å². The summed E-state index contributed by atoms with van der Waals surface area (Å²) >= 11 is 4.37. The number of aryl methyl sites for hydroxylation is 1. The van der Waals surface area contributed by atoms with Crippen LogP contribution in [0.15, 0.2) is 53.0 Å². The highest BCUT2D eigenvalue weighted by atomic mass is 32.2. The molecule has 3 aromatic heterocycles. The van der Waals surface area contributed by atoms with Crippen LogP contribution in [0.1, 0.15) is 34.1 Å². The summed E-state index contributed by atoms with van der Waals surface area (Å²) in [4.78, 5) is 27.3. The van der Waals surface area contributed by atoms with Crippen LogP contribution in [0.5, 0.6) is 0 Å². The van der Waals surface area contributed by atoms with Gasteiger partial charge in [0.25, 0.3) is 5.91 Å². The van der Waals surface area contributed by atoms with Crippen molar-refractivity contribution in [3.63, 3.8) is 0 Å². The topological polar surface area (TPSA) is 103 Å². The largest absolute Gasteiger partial charge is 0.365 e. The molecule has 3 heterocycles. The van der Waals surface area contributed by atoms with Gasteiger partial charge in [0, 0.05) is 10.6 Å². The van der Waals surface area contributed by atoms with Crippen molar-refractivity contribution in [1.29, 1.82) is 0 Å². The van der Waals surface area contributed by atoms with E-state index in [1.165, 1.54) is 23.1 Å². The molecule has 33 heavy (non-hydrogen) atoms. The van der Waals surface area contributed by atoms with Gasteiger partial charge in [-0.25, -0.2) is 0 Å². The number of carbonyl (C=O) groups excluding carboxylic acids is 2. The van der Waals surface area contributed by atoms with Gasteiger partial charge < -0.3 is 11.1 Å². The molecule has 5 rings (SSSR count). The van der Waals surface area contributed by atoms with Crippen molar-refractivity contribution in [3.8, 4) is 16.4 Å². The van der Waals surface area contributed by atoms with Gasteiger partial charge in [-0.2, -0.15) is 0 Å². The quantitative estimate of drug-likeness (QED) is 0.360. The van der Waals surface area contributed by atoms with Crippen molar-refractivity contribution in [2.45, 2.75) is 36.6 Å². The summed E-state index contributed by atoms with van der Waals surface area (Å²) in [7, 11) is 0. The summed E-state index contributed by atoms with van der Waals surface area (Å²) in [6.45, 7) is 1.82. The zero-order valence-electron chi connectivity index (χ0n) is 17.8. The van der Waals surface area contributed by atoms with Crippen LogP contribution in [0, 0.1) is 0 Å². The highest BCUT2D eigenvalue weighted by Gasteiger charge is 2.28. The van der Waals surface area contributed by atoms with Gasteiger partial charge in [0.05, 0.1) is 15.7 Å². The molecule has 0 saturated carbocycles. The van der Waals surface area contributed by atoms with Gasteiger partial charge >= 0.3 is 0 Å². The summed E-state index contributed by atoms with van der Waals surface area (Å²) < 4.78 is 1.97. The second kappa shape index (κ2) is 9.12. The summed E-state index contributed by atoms with van der Waals surface area (Å²) in [5.41, 5.74) is 8.01. The van der Waals surface area contributed by atoms with Crippen LogP contribution in [0.25, 0.3) is 16.4 Å². The molecule has 0 aliphatic heterocycles. The van der Waals surface area contributed by atoms with Gasteiger partial charge in [-0.15, -0.1) is 32.9 Å². The van der Waals surface area contributed by atoms with Crippen molar-refractivity contribution in [1.82, 2.24) is 14.8 Å². The predicted molar refractivity (Wildman–Crippen MR) is 133 cm³/mol. The molecular formula is C23H21N5O2S3. The maximum absolute atomic E-state index is 13.1. The van der Waals surface area contributed by atoms with E-state index in [0.717, 1.165) is 46.1 Å². The Bertz CT molecular complexity index is 1310. The minimum absolute atomic E-state index is 0.206. The molecule has 2 amide bonds. The van der Waals surface area contributed by atoms with Gasteiger partial charge in [-0.3, -0.25) is 14.2 Å². The number of anilines is 1. The number of fused-ring (bicyclic) bond motifs is 1. The molecule has 1 atom stereocenters. The summed E-state index contributed by atoms with van der Waals surface area (Å²) in [6, 6.07) is 13.8. The average Bonchev–Trinajstić information content (AvgIpc) is 3.58. The summed E-state index contributed by atoms with van der Waals surface area (Å²) in [6.07, 6.45) is 2.77.